The largest absolute Gasteiger partial charge is 0.381 e. The summed E-state index contributed by atoms with van der Waals surface area (Å²) in [4.78, 5) is 0. The van der Waals surface area contributed by atoms with E-state index in [0.717, 1.165) is 13.2 Å². The Morgan fingerprint density at radius 1 is 0.909 bits per heavy atom. The Morgan fingerprint density at radius 2 is 1.68 bits per heavy atom. The van der Waals surface area contributed by atoms with Gasteiger partial charge in [-0.2, -0.15) is 0 Å². The molecule has 2 rings (SSSR count). The Bertz CT molecular complexity index is 313. The molecule has 2 saturated heterocycles. The van der Waals surface area contributed by atoms with E-state index < -0.39 is 0 Å². The van der Waals surface area contributed by atoms with Gasteiger partial charge in [0.05, 0.1) is 18.8 Å². The predicted molar refractivity (Wildman–Crippen MR) is 93.1 cm³/mol. The molecule has 0 aromatic heterocycles. The minimum atomic E-state index is 0.481. The zero-order chi connectivity index (χ0) is 15.6. The van der Waals surface area contributed by atoms with Crippen molar-refractivity contribution < 1.29 is 9.47 Å². The van der Waals surface area contributed by atoms with Crippen molar-refractivity contribution in [2.45, 2.75) is 90.3 Å². The van der Waals surface area contributed by atoms with Gasteiger partial charge >= 0.3 is 0 Å². The first-order valence-corrected chi connectivity index (χ1v) is 9.75. The Kier molecular flexibility index (Phi) is 8.54. The highest BCUT2D eigenvalue weighted by Crippen LogP contribution is 2.45. The van der Waals surface area contributed by atoms with Gasteiger partial charge in [-0.25, -0.2) is 0 Å². The third kappa shape index (κ3) is 5.38. The Labute approximate surface area is 137 Å². The molecule has 2 aliphatic rings. The monoisotopic (exact) mass is 308 g/mol. The van der Waals surface area contributed by atoms with Crippen LogP contribution in [0.25, 0.3) is 0 Å². The summed E-state index contributed by atoms with van der Waals surface area (Å²) in [5, 5.41) is 0. The van der Waals surface area contributed by atoms with Crippen LogP contribution in [0.5, 0.6) is 0 Å². The van der Waals surface area contributed by atoms with Gasteiger partial charge in [-0.3, -0.25) is 0 Å². The first-order chi connectivity index (χ1) is 10.9. The summed E-state index contributed by atoms with van der Waals surface area (Å²) in [6.07, 6.45) is 18.5. The third-order valence-corrected chi connectivity index (χ3v) is 5.34. The molecular weight excluding hydrogens is 272 g/mol. The molecule has 0 aromatic carbocycles. The zero-order valence-corrected chi connectivity index (χ0v) is 14.8. The molecule has 0 amide bonds. The van der Waals surface area contributed by atoms with Crippen molar-refractivity contribution in [2.24, 2.45) is 11.8 Å². The second kappa shape index (κ2) is 10.4. The minimum absolute atomic E-state index is 0.481. The molecule has 0 N–H and O–H groups in total. The van der Waals surface area contributed by atoms with Crippen LogP contribution in [0.1, 0.15) is 78.1 Å². The van der Waals surface area contributed by atoms with Crippen LogP contribution in [-0.4, -0.2) is 25.4 Å². The minimum Gasteiger partial charge on any atom is -0.381 e. The molecule has 0 saturated carbocycles. The van der Waals surface area contributed by atoms with Crippen LogP contribution in [-0.2, 0) is 9.47 Å². The van der Waals surface area contributed by atoms with E-state index in [1.54, 1.807) is 0 Å². The molecule has 0 spiro atoms. The van der Waals surface area contributed by atoms with Crippen molar-refractivity contribution in [3.05, 3.63) is 12.2 Å². The van der Waals surface area contributed by atoms with E-state index in [9.17, 15) is 0 Å². The summed E-state index contributed by atoms with van der Waals surface area (Å²) < 4.78 is 12.1. The van der Waals surface area contributed by atoms with E-state index in [1.807, 2.05) is 0 Å². The molecule has 22 heavy (non-hydrogen) atoms. The summed E-state index contributed by atoms with van der Waals surface area (Å²) in [6.45, 7) is 6.37. The van der Waals surface area contributed by atoms with E-state index in [1.165, 1.54) is 64.2 Å². The molecule has 0 aliphatic carbocycles. The molecular formula is C20H36O2. The van der Waals surface area contributed by atoms with Crippen molar-refractivity contribution in [1.29, 1.82) is 0 Å². The number of rotatable bonds is 12. The summed E-state index contributed by atoms with van der Waals surface area (Å²) in [5.74, 6) is 1.34. The van der Waals surface area contributed by atoms with Gasteiger partial charge in [-0.15, -0.1) is 0 Å². The Balaban J connectivity index is 1.67. The smallest absolute Gasteiger partial charge is 0.0633 e. The van der Waals surface area contributed by atoms with Gasteiger partial charge in [-0.1, -0.05) is 58.1 Å². The Morgan fingerprint density at radius 3 is 2.45 bits per heavy atom. The van der Waals surface area contributed by atoms with Crippen molar-refractivity contribution in [3.63, 3.8) is 0 Å². The molecule has 0 radical (unpaired) electrons. The van der Waals surface area contributed by atoms with Crippen LogP contribution in [0.4, 0.5) is 0 Å². The summed E-state index contributed by atoms with van der Waals surface area (Å²) in [5.41, 5.74) is 0. The van der Waals surface area contributed by atoms with Crippen molar-refractivity contribution in [2.75, 3.05) is 13.2 Å². The highest BCUT2D eigenvalue weighted by atomic mass is 16.5. The van der Waals surface area contributed by atoms with Crippen LogP contribution in [0.15, 0.2) is 12.2 Å². The summed E-state index contributed by atoms with van der Waals surface area (Å²) in [7, 11) is 0. The topological polar surface area (TPSA) is 18.5 Å². The predicted octanol–water partition coefficient (Wildman–Crippen LogP) is 5.51. The lowest BCUT2D eigenvalue weighted by Gasteiger charge is -2.27. The molecule has 0 unspecified atom stereocenters. The molecule has 2 heterocycles. The van der Waals surface area contributed by atoms with E-state index >= 15 is 0 Å². The van der Waals surface area contributed by atoms with Gasteiger partial charge in [0.25, 0.3) is 0 Å². The zero-order valence-electron chi connectivity index (χ0n) is 14.8. The average Bonchev–Trinajstić information content (AvgIpc) is 3.12. The van der Waals surface area contributed by atoms with Crippen LogP contribution < -0.4 is 0 Å². The number of hydrogen-bond acceptors (Lipinski definition) is 2. The fraction of sp³-hybridized carbons (Fsp3) is 0.900. The fourth-order valence-corrected chi connectivity index (χ4v) is 3.97. The van der Waals surface area contributed by atoms with Crippen LogP contribution >= 0.6 is 0 Å². The molecule has 2 nitrogen and oxygen atoms in total. The van der Waals surface area contributed by atoms with Gasteiger partial charge in [0.1, 0.15) is 0 Å². The van der Waals surface area contributed by atoms with Crippen LogP contribution in [0, 0.1) is 11.8 Å². The van der Waals surface area contributed by atoms with Crippen molar-refractivity contribution in [1.82, 2.24) is 0 Å². The van der Waals surface area contributed by atoms with Gasteiger partial charge < -0.3 is 9.47 Å². The van der Waals surface area contributed by atoms with Gasteiger partial charge in [0, 0.05) is 12.5 Å². The first-order valence-electron chi connectivity index (χ1n) is 9.75. The summed E-state index contributed by atoms with van der Waals surface area (Å²) >= 11 is 0. The standard InChI is InChI=1S/C20H36O2/c1-3-5-7-9-10-12-17-18(20-14-13-19(17)22-20)16-21-15-11-8-6-4-2/h9-10,17-20H,3-8,11-16H2,1-2H3/b10-9-/t17-,18+,19-,20+/m1/s1. The van der Waals surface area contributed by atoms with Crippen LogP contribution in [0.2, 0.25) is 0 Å². The normalized spacial score (nSPS) is 30.6. The highest BCUT2D eigenvalue weighted by molar-refractivity contribution is 4.99. The summed E-state index contributed by atoms with van der Waals surface area (Å²) in [6, 6.07) is 0. The molecule has 0 aromatic rings. The SMILES string of the molecule is CCCC/C=C\C[C@@H]1[C@H](COCCCCCC)[C@@H]2CC[C@H]1O2. The lowest BCUT2D eigenvalue weighted by Crippen LogP contribution is -2.30. The second-order valence-corrected chi connectivity index (χ2v) is 7.10. The number of allylic oxidation sites excluding steroid dienone is 2. The first kappa shape index (κ1) is 18.0. The van der Waals surface area contributed by atoms with Gasteiger partial charge in [-0.05, 0) is 38.0 Å². The third-order valence-electron chi connectivity index (χ3n) is 5.34. The molecule has 4 atom stereocenters. The second-order valence-electron chi connectivity index (χ2n) is 7.10. The molecule has 128 valence electrons. The number of ether oxygens (including phenoxy) is 2. The molecule has 2 aliphatic heterocycles. The fourth-order valence-electron chi connectivity index (χ4n) is 3.97. The Hall–Kier alpha value is -0.340. The van der Waals surface area contributed by atoms with Crippen LogP contribution in [0.3, 0.4) is 0 Å². The van der Waals surface area contributed by atoms with E-state index in [4.69, 9.17) is 9.47 Å². The number of hydrogen-bond donors (Lipinski definition) is 0. The molecule has 2 fully saturated rings. The molecule has 2 heteroatoms. The maximum atomic E-state index is 6.16. The maximum Gasteiger partial charge on any atom is 0.0633 e. The lowest BCUT2D eigenvalue weighted by atomic mass is 9.78. The van der Waals surface area contributed by atoms with E-state index in [2.05, 4.69) is 26.0 Å². The maximum absolute atomic E-state index is 6.16. The van der Waals surface area contributed by atoms with E-state index in [0.29, 0.717) is 24.0 Å². The highest BCUT2D eigenvalue weighted by Gasteiger charge is 2.48. The average molecular weight is 309 g/mol. The van der Waals surface area contributed by atoms with Crippen molar-refractivity contribution >= 4 is 0 Å². The van der Waals surface area contributed by atoms with Gasteiger partial charge in [0.2, 0.25) is 0 Å². The quantitative estimate of drug-likeness (QED) is 0.349. The number of fused-ring (bicyclic) bond motifs is 2. The number of unbranched alkanes of at least 4 members (excludes halogenated alkanes) is 5. The van der Waals surface area contributed by atoms with Gasteiger partial charge in [0.15, 0.2) is 0 Å². The lowest BCUT2D eigenvalue weighted by molar-refractivity contribution is 0.0478. The molecule has 2 bridgehead atoms. The van der Waals surface area contributed by atoms with E-state index in [-0.39, 0.29) is 0 Å². The van der Waals surface area contributed by atoms with Crippen molar-refractivity contribution in [3.8, 4) is 0 Å².